The second kappa shape index (κ2) is 3.03. The molecule has 2 atom stereocenters. The van der Waals surface area contributed by atoms with Crippen molar-refractivity contribution in [1.29, 1.82) is 0 Å². The summed E-state index contributed by atoms with van der Waals surface area (Å²) in [4.78, 5) is 3.79. The summed E-state index contributed by atoms with van der Waals surface area (Å²) in [5.41, 5.74) is -0.414. The van der Waals surface area contributed by atoms with Crippen LogP contribution >= 0.6 is 11.6 Å². The van der Waals surface area contributed by atoms with E-state index in [9.17, 15) is 0 Å². The fourth-order valence-electron chi connectivity index (χ4n) is 0.664. The van der Waals surface area contributed by atoms with Crippen LogP contribution in [0.4, 0.5) is 0 Å². The number of hydrogen-bond acceptors (Lipinski definition) is 2. The topological polar surface area (TPSA) is 38.0 Å². The molecule has 0 spiro atoms. The van der Waals surface area contributed by atoms with E-state index in [-0.39, 0.29) is 0 Å². The highest BCUT2D eigenvalue weighted by Crippen LogP contribution is 2.15. The Balaban J connectivity index is 2.68. The maximum atomic E-state index is 9.01. The molecule has 1 aromatic rings. The number of alkyl halides is 1. The SMILES string of the molecule is CC(O)C(Cl)n1ccnc1. The lowest BCUT2D eigenvalue weighted by atomic mass is 10.4. The summed E-state index contributed by atoms with van der Waals surface area (Å²) in [7, 11) is 0. The van der Waals surface area contributed by atoms with Crippen molar-refractivity contribution in [3.63, 3.8) is 0 Å². The molecule has 0 saturated heterocycles. The van der Waals surface area contributed by atoms with Crippen molar-refractivity contribution in [3.8, 4) is 0 Å². The monoisotopic (exact) mass is 160 g/mol. The van der Waals surface area contributed by atoms with Crippen LogP contribution in [0.15, 0.2) is 18.7 Å². The lowest BCUT2D eigenvalue weighted by Crippen LogP contribution is -2.14. The fourth-order valence-corrected chi connectivity index (χ4v) is 0.780. The van der Waals surface area contributed by atoms with Gasteiger partial charge in [0.2, 0.25) is 0 Å². The van der Waals surface area contributed by atoms with Gasteiger partial charge in [-0.2, -0.15) is 0 Å². The molecule has 0 bridgehead atoms. The standard InChI is InChI=1S/C6H9ClN2O/c1-5(10)6(7)9-3-2-8-4-9/h2-6,10H,1H3. The van der Waals surface area contributed by atoms with Crippen molar-refractivity contribution in [3.05, 3.63) is 18.7 Å². The Morgan fingerprint density at radius 1 is 1.70 bits per heavy atom. The predicted octanol–water partition coefficient (Wildman–Crippen LogP) is 1.00. The molecular weight excluding hydrogens is 152 g/mol. The van der Waals surface area contributed by atoms with E-state index < -0.39 is 11.6 Å². The molecule has 0 saturated carbocycles. The number of halogens is 1. The maximum absolute atomic E-state index is 9.01. The van der Waals surface area contributed by atoms with Crippen LogP contribution in [0.1, 0.15) is 12.4 Å². The smallest absolute Gasteiger partial charge is 0.134 e. The number of aliphatic hydroxyl groups excluding tert-OH is 1. The quantitative estimate of drug-likeness (QED) is 0.656. The number of imidazole rings is 1. The van der Waals surface area contributed by atoms with Gasteiger partial charge in [-0.3, -0.25) is 0 Å². The molecule has 0 radical (unpaired) electrons. The van der Waals surface area contributed by atoms with Gasteiger partial charge in [0.25, 0.3) is 0 Å². The second-order valence-corrected chi connectivity index (χ2v) is 2.57. The Morgan fingerprint density at radius 3 is 2.80 bits per heavy atom. The summed E-state index contributed by atoms with van der Waals surface area (Å²) in [5.74, 6) is 0. The van der Waals surface area contributed by atoms with Crippen LogP contribution in [0.2, 0.25) is 0 Å². The van der Waals surface area contributed by atoms with E-state index in [2.05, 4.69) is 4.98 Å². The van der Waals surface area contributed by atoms with Crippen molar-refractivity contribution in [2.24, 2.45) is 0 Å². The molecule has 1 heterocycles. The first-order valence-electron chi connectivity index (χ1n) is 3.01. The maximum Gasteiger partial charge on any atom is 0.134 e. The summed E-state index contributed by atoms with van der Waals surface area (Å²) in [5, 5.41) is 9.01. The molecule has 1 N–H and O–H groups in total. The summed E-state index contributed by atoms with van der Waals surface area (Å²) >= 11 is 5.76. The summed E-state index contributed by atoms with van der Waals surface area (Å²) < 4.78 is 1.65. The highest BCUT2D eigenvalue weighted by molar-refractivity contribution is 6.19. The van der Waals surface area contributed by atoms with Crippen LogP contribution < -0.4 is 0 Å². The zero-order valence-electron chi connectivity index (χ0n) is 5.61. The van der Waals surface area contributed by atoms with Gasteiger partial charge in [-0.05, 0) is 6.92 Å². The average molecular weight is 161 g/mol. The van der Waals surface area contributed by atoms with Crippen molar-refractivity contribution in [2.45, 2.75) is 18.5 Å². The molecule has 1 aromatic heterocycles. The van der Waals surface area contributed by atoms with Crippen molar-refractivity contribution in [2.75, 3.05) is 0 Å². The van der Waals surface area contributed by atoms with Gasteiger partial charge in [0.1, 0.15) is 5.50 Å². The first-order valence-corrected chi connectivity index (χ1v) is 3.45. The van der Waals surface area contributed by atoms with E-state index in [1.54, 1.807) is 30.2 Å². The molecule has 0 fully saturated rings. The molecule has 10 heavy (non-hydrogen) atoms. The Hall–Kier alpha value is -0.540. The molecule has 0 amide bonds. The number of rotatable bonds is 2. The van der Waals surface area contributed by atoms with Crippen LogP contribution in [0.25, 0.3) is 0 Å². The van der Waals surface area contributed by atoms with Crippen molar-refractivity contribution >= 4 is 11.6 Å². The van der Waals surface area contributed by atoms with Gasteiger partial charge in [-0.25, -0.2) is 4.98 Å². The zero-order chi connectivity index (χ0) is 7.56. The molecule has 0 aromatic carbocycles. The highest BCUT2D eigenvalue weighted by Gasteiger charge is 2.11. The molecule has 0 aliphatic heterocycles. The fraction of sp³-hybridized carbons (Fsp3) is 0.500. The first-order chi connectivity index (χ1) is 4.72. The normalized spacial score (nSPS) is 16.7. The van der Waals surface area contributed by atoms with Gasteiger partial charge in [-0.15, -0.1) is 0 Å². The molecule has 4 heteroatoms. The molecule has 56 valence electrons. The van der Waals surface area contributed by atoms with E-state index in [4.69, 9.17) is 16.7 Å². The van der Waals surface area contributed by atoms with E-state index in [1.807, 2.05) is 0 Å². The number of nitrogens with zero attached hydrogens (tertiary/aromatic N) is 2. The first kappa shape index (κ1) is 7.57. The van der Waals surface area contributed by atoms with Gasteiger partial charge in [0.05, 0.1) is 12.4 Å². The minimum Gasteiger partial charge on any atom is -0.390 e. The third kappa shape index (κ3) is 1.49. The van der Waals surface area contributed by atoms with E-state index in [0.717, 1.165) is 0 Å². The Morgan fingerprint density at radius 2 is 2.40 bits per heavy atom. The number of hydrogen-bond donors (Lipinski definition) is 1. The van der Waals surface area contributed by atoms with E-state index in [1.165, 1.54) is 0 Å². The minimum atomic E-state index is -0.559. The molecule has 2 unspecified atom stereocenters. The van der Waals surface area contributed by atoms with E-state index >= 15 is 0 Å². The molecule has 0 aliphatic rings. The third-order valence-corrected chi connectivity index (χ3v) is 1.80. The molecule has 0 aliphatic carbocycles. The molecule has 1 rings (SSSR count). The zero-order valence-corrected chi connectivity index (χ0v) is 6.36. The van der Waals surface area contributed by atoms with Crippen LogP contribution in [0.3, 0.4) is 0 Å². The summed E-state index contributed by atoms with van der Waals surface area (Å²) in [6.07, 6.45) is 4.35. The van der Waals surface area contributed by atoms with Crippen LogP contribution in [-0.2, 0) is 0 Å². The highest BCUT2D eigenvalue weighted by atomic mass is 35.5. The van der Waals surface area contributed by atoms with Crippen molar-refractivity contribution < 1.29 is 5.11 Å². The summed E-state index contributed by atoms with van der Waals surface area (Å²) in [6.45, 7) is 1.64. The van der Waals surface area contributed by atoms with E-state index in [0.29, 0.717) is 0 Å². The predicted molar refractivity (Wildman–Crippen MR) is 38.8 cm³/mol. The Kier molecular flexibility index (Phi) is 2.29. The largest absolute Gasteiger partial charge is 0.390 e. The second-order valence-electron chi connectivity index (χ2n) is 2.12. The van der Waals surface area contributed by atoms with Gasteiger partial charge in [0, 0.05) is 12.4 Å². The van der Waals surface area contributed by atoms with Crippen molar-refractivity contribution in [1.82, 2.24) is 9.55 Å². The average Bonchev–Trinajstić information content (AvgIpc) is 2.36. The van der Waals surface area contributed by atoms with Crippen LogP contribution in [-0.4, -0.2) is 20.8 Å². The number of aromatic nitrogens is 2. The Bertz CT molecular complexity index is 186. The lowest BCUT2D eigenvalue weighted by Gasteiger charge is -2.12. The van der Waals surface area contributed by atoms with Crippen LogP contribution in [0, 0.1) is 0 Å². The van der Waals surface area contributed by atoms with Crippen LogP contribution in [0.5, 0.6) is 0 Å². The lowest BCUT2D eigenvalue weighted by molar-refractivity contribution is 0.166. The number of aliphatic hydroxyl groups is 1. The summed E-state index contributed by atoms with van der Waals surface area (Å²) in [6, 6.07) is 0. The van der Waals surface area contributed by atoms with Gasteiger partial charge in [-0.1, -0.05) is 11.6 Å². The molecule has 3 nitrogen and oxygen atoms in total. The minimum absolute atomic E-state index is 0.414. The van der Waals surface area contributed by atoms with Gasteiger partial charge in [0.15, 0.2) is 0 Å². The van der Waals surface area contributed by atoms with Gasteiger partial charge >= 0.3 is 0 Å². The molecular formula is C6H9ClN2O. The third-order valence-electron chi connectivity index (χ3n) is 1.21. The Labute approximate surface area is 64.3 Å². The van der Waals surface area contributed by atoms with Gasteiger partial charge < -0.3 is 9.67 Å².